The van der Waals surface area contributed by atoms with Crippen molar-refractivity contribution < 1.29 is 22.4 Å². The topological polar surface area (TPSA) is 41.4 Å². The van der Waals surface area contributed by atoms with E-state index in [2.05, 4.69) is 5.10 Å². The molecular weight excluding hydrogens is 448 g/mol. The minimum Gasteiger partial charge on any atom is -0.368 e. The summed E-state index contributed by atoms with van der Waals surface area (Å²) in [5.74, 6) is -0.648. The van der Waals surface area contributed by atoms with Crippen molar-refractivity contribution >= 4 is 23.2 Å². The normalized spacial score (nSPS) is 14.8. The molecule has 0 unspecified atom stereocenters. The number of nitrogens with zero attached hydrogens (tertiary/aromatic N) is 4. The van der Waals surface area contributed by atoms with E-state index in [1.54, 1.807) is 37.8 Å². The quantitative estimate of drug-likeness (QED) is 0.559. The minimum absolute atomic E-state index is 0.176. The van der Waals surface area contributed by atoms with Crippen LogP contribution in [0.4, 0.5) is 23.2 Å². The van der Waals surface area contributed by atoms with Crippen LogP contribution in [0.2, 0.25) is 5.02 Å². The molecule has 0 N–H and O–H groups in total. The molecule has 1 amide bonds. The molecule has 1 aliphatic heterocycles. The van der Waals surface area contributed by atoms with Gasteiger partial charge in [0.05, 0.1) is 10.7 Å². The minimum atomic E-state index is -4.70. The van der Waals surface area contributed by atoms with Crippen molar-refractivity contribution in [1.29, 1.82) is 0 Å². The highest BCUT2D eigenvalue weighted by Gasteiger charge is 2.41. The molecule has 0 atom stereocenters. The number of carbonyl (C=O) groups excluding carboxylic acids is 1. The number of rotatable bonds is 3. The standard InChI is InChI=1S/C20H23ClF4N4O.C2H6/c1-19(2,3)18-16(21)17(20(23,24)25)26-29(18)12-15(30)28-10-8-27(9-11-28)14-6-4-13(22)5-7-14;1-2/h4-7H,8-12H2,1-3H3;1-2H3. The largest absolute Gasteiger partial charge is 0.436 e. The highest BCUT2D eigenvalue weighted by molar-refractivity contribution is 6.32. The molecule has 5 nitrogen and oxygen atoms in total. The highest BCUT2D eigenvalue weighted by atomic mass is 35.5. The van der Waals surface area contributed by atoms with Crippen LogP contribution in [0.3, 0.4) is 0 Å². The van der Waals surface area contributed by atoms with E-state index in [1.807, 2.05) is 18.7 Å². The molecule has 2 aromatic rings. The average molecular weight is 477 g/mol. The third kappa shape index (κ3) is 5.94. The van der Waals surface area contributed by atoms with Crippen LogP contribution in [-0.2, 0) is 22.9 Å². The molecule has 0 aliphatic carbocycles. The first-order chi connectivity index (χ1) is 14.9. The van der Waals surface area contributed by atoms with Crippen LogP contribution in [0.15, 0.2) is 24.3 Å². The van der Waals surface area contributed by atoms with E-state index in [0.717, 1.165) is 10.4 Å². The first-order valence-electron chi connectivity index (χ1n) is 10.5. The summed E-state index contributed by atoms with van der Waals surface area (Å²) in [4.78, 5) is 16.4. The predicted molar refractivity (Wildman–Crippen MR) is 117 cm³/mol. The van der Waals surface area contributed by atoms with Crippen molar-refractivity contribution in [2.45, 2.75) is 52.8 Å². The van der Waals surface area contributed by atoms with Crippen LogP contribution >= 0.6 is 11.6 Å². The molecule has 1 aliphatic rings. The molecule has 1 saturated heterocycles. The number of amides is 1. The number of aromatic nitrogens is 2. The van der Waals surface area contributed by atoms with Crippen LogP contribution in [0, 0.1) is 5.82 Å². The maximum atomic E-state index is 13.3. The molecule has 0 spiro atoms. The van der Waals surface area contributed by atoms with E-state index >= 15 is 0 Å². The summed E-state index contributed by atoms with van der Waals surface area (Å²) in [5, 5.41) is 3.15. The lowest BCUT2D eigenvalue weighted by Crippen LogP contribution is -2.49. The zero-order valence-corrected chi connectivity index (χ0v) is 19.7. The van der Waals surface area contributed by atoms with E-state index in [-0.39, 0.29) is 24.0 Å². The second-order valence-electron chi connectivity index (χ2n) is 8.26. The van der Waals surface area contributed by atoms with Crippen LogP contribution in [0.1, 0.15) is 46.0 Å². The van der Waals surface area contributed by atoms with Crippen LogP contribution in [0.25, 0.3) is 0 Å². The Morgan fingerprint density at radius 1 is 1.03 bits per heavy atom. The molecule has 3 rings (SSSR count). The average Bonchev–Trinajstić information content (AvgIpc) is 3.06. The van der Waals surface area contributed by atoms with Crippen LogP contribution in [0.5, 0.6) is 0 Å². The van der Waals surface area contributed by atoms with Gasteiger partial charge >= 0.3 is 6.18 Å². The molecule has 32 heavy (non-hydrogen) atoms. The van der Waals surface area contributed by atoms with E-state index in [0.29, 0.717) is 26.2 Å². The fourth-order valence-electron chi connectivity index (χ4n) is 3.55. The van der Waals surface area contributed by atoms with Gasteiger partial charge in [-0.1, -0.05) is 46.2 Å². The second-order valence-corrected chi connectivity index (χ2v) is 8.64. The highest BCUT2D eigenvalue weighted by Crippen LogP contribution is 2.39. The lowest BCUT2D eigenvalue weighted by molar-refractivity contribution is -0.142. The van der Waals surface area contributed by atoms with Gasteiger partial charge in [0.15, 0.2) is 5.69 Å². The van der Waals surface area contributed by atoms with Gasteiger partial charge in [-0.2, -0.15) is 18.3 Å². The number of anilines is 1. The molecule has 0 radical (unpaired) electrons. The molecular formula is C22H29ClF4N4O. The number of hydrogen-bond acceptors (Lipinski definition) is 3. The maximum Gasteiger partial charge on any atom is 0.436 e. The van der Waals surface area contributed by atoms with Crippen LogP contribution in [-0.4, -0.2) is 46.8 Å². The number of alkyl halides is 3. The van der Waals surface area contributed by atoms with Crippen molar-refractivity contribution in [3.05, 3.63) is 46.5 Å². The molecule has 1 aromatic carbocycles. The van der Waals surface area contributed by atoms with Crippen molar-refractivity contribution in [3.8, 4) is 0 Å². The Bertz CT molecular complexity index is 912. The lowest BCUT2D eigenvalue weighted by atomic mass is 9.91. The van der Waals surface area contributed by atoms with Gasteiger partial charge in [-0.05, 0) is 24.3 Å². The first-order valence-corrected chi connectivity index (χ1v) is 10.9. The fraction of sp³-hybridized carbons (Fsp3) is 0.545. The van der Waals surface area contributed by atoms with Gasteiger partial charge in [0.1, 0.15) is 12.4 Å². The molecule has 1 aromatic heterocycles. The summed E-state index contributed by atoms with van der Waals surface area (Å²) in [6.07, 6.45) is -4.70. The number of carbonyl (C=O) groups is 1. The Morgan fingerprint density at radius 3 is 2.03 bits per heavy atom. The van der Waals surface area contributed by atoms with E-state index in [4.69, 9.17) is 11.6 Å². The number of piperazine rings is 1. The summed E-state index contributed by atoms with van der Waals surface area (Å²) < 4.78 is 54.0. The van der Waals surface area contributed by atoms with Gasteiger partial charge in [-0.3, -0.25) is 9.48 Å². The number of halogens is 5. The summed E-state index contributed by atoms with van der Waals surface area (Å²) in [6.45, 7) is 10.7. The summed E-state index contributed by atoms with van der Waals surface area (Å²) in [7, 11) is 0. The third-order valence-corrected chi connectivity index (χ3v) is 5.34. The van der Waals surface area contributed by atoms with Crippen molar-refractivity contribution in [1.82, 2.24) is 14.7 Å². The molecule has 10 heteroatoms. The third-order valence-electron chi connectivity index (χ3n) is 4.98. The Morgan fingerprint density at radius 2 is 1.56 bits per heavy atom. The summed E-state index contributed by atoms with van der Waals surface area (Å²) in [6, 6.07) is 6.10. The first kappa shape index (κ1) is 26.0. The number of benzene rings is 1. The Kier molecular flexibility index (Phi) is 8.20. The van der Waals surface area contributed by atoms with Crippen molar-refractivity contribution in [2.24, 2.45) is 0 Å². The summed E-state index contributed by atoms with van der Waals surface area (Å²) in [5.41, 5.74) is -0.875. The smallest absolute Gasteiger partial charge is 0.368 e. The van der Waals surface area contributed by atoms with E-state index in [9.17, 15) is 22.4 Å². The van der Waals surface area contributed by atoms with Crippen LogP contribution < -0.4 is 4.90 Å². The predicted octanol–water partition coefficient (Wildman–Crippen LogP) is 5.37. The fourth-order valence-corrected chi connectivity index (χ4v) is 4.07. The summed E-state index contributed by atoms with van der Waals surface area (Å²) >= 11 is 6.00. The lowest BCUT2D eigenvalue weighted by Gasteiger charge is -2.36. The Hall–Kier alpha value is -2.29. The number of hydrogen-bond donors (Lipinski definition) is 0. The second kappa shape index (κ2) is 10.1. The van der Waals surface area contributed by atoms with Gasteiger partial charge < -0.3 is 9.80 Å². The molecule has 2 heterocycles. The van der Waals surface area contributed by atoms with Gasteiger partial charge in [0.2, 0.25) is 5.91 Å². The Labute approximate surface area is 190 Å². The van der Waals surface area contributed by atoms with Crippen molar-refractivity contribution in [3.63, 3.8) is 0 Å². The van der Waals surface area contributed by atoms with E-state index < -0.39 is 22.3 Å². The maximum absolute atomic E-state index is 13.3. The van der Waals surface area contributed by atoms with E-state index in [1.165, 1.54) is 12.1 Å². The monoisotopic (exact) mass is 476 g/mol. The molecule has 1 fully saturated rings. The van der Waals surface area contributed by atoms with Gasteiger partial charge in [0, 0.05) is 37.3 Å². The van der Waals surface area contributed by atoms with Crippen molar-refractivity contribution in [2.75, 3.05) is 31.1 Å². The Balaban J connectivity index is 0.00000176. The molecule has 178 valence electrons. The van der Waals surface area contributed by atoms with Gasteiger partial charge in [0.25, 0.3) is 0 Å². The molecule has 0 bridgehead atoms. The zero-order chi connectivity index (χ0) is 24.3. The molecule has 0 saturated carbocycles. The zero-order valence-electron chi connectivity index (χ0n) is 18.9. The van der Waals surface area contributed by atoms with Gasteiger partial charge in [-0.25, -0.2) is 4.39 Å². The SMILES string of the molecule is CC.CC(C)(C)c1c(Cl)c(C(F)(F)F)nn1CC(=O)N1CCN(c2ccc(F)cc2)CC1. The van der Waals surface area contributed by atoms with Gasteiger partial charge in [-0.15, -0.1) is 0 Å².